The number of amides is 1. The predicted molar refractivity (Wildman–Crippen MR) is 80.2 cm³/mol. The molecule has 0 unspecified atom stereocenters. The molecule has 0 N–H and O–H groups in total. The number of piperidine rings is 1. The number of hydrogen-bond donors (Lipinski definition) is 0. The molecule has 1 saturated heterocycles. The standard InChI is InChI=1S/C15H31N3O/c1-15(2,3)14(19)18(6)12-11-17(5)13-7-9-16(4)10-8-13/h13H,7-12H2,1-6H3. The molecule has 1 aliphatic rings. The van der Waals surface area contributed by atoms with Crippen molar-refractivity contribution in [2.24, 2.45) is 5.41 Å². The first-order valence-corrected chi connectivity index (χ1v) is 7.36. The van der Waals surface area contributed by atoms with E-state index in [4.69, 9.17) is 0 Å². The van der Waals surface area contributed by atoms with Crippen molar-refractivity contribution in [2.45, 2.75) is 39.7 Å². The molecule has 0 spiro atoms. The third kappa shape index (κ3) is 5.11. The quantitative estimate of drug-likeness (QED) is 0.774. The second-order valence-corrected chi connectivity index (χ2v) is 6.99. The van der Waals surface area contributed by atoms with Crippen molar-refractivity contribution >= 4 is 5.91 Å². The van der Waals surface area contributed by atoms with Gasteiger partial charge >= 0.3 is 0 Å². The number of nitrogens with zero attached hydrogens (tertiary/aromatic N) is 3. The van der Waals surface area contributed by atoms with Gasteiger partial charge in [-0.25, -0.2) is 0 Å². The van der Waals surface area contributed by atoms with Crippen LogP contribution in [-0.4, -0.2) is 74.0 Å². The van der Waals surface area contributed by atoms with Crippen LogP contribution >= 0.6 is 0 Å². The zero-order valence-electron chi connectivity index (χ0n) is 13.6. The maximum absolute atomic E-state index is 12.1. The number of carbonyl (C=O) groups excluding carboxylic acids is 1. The summed E-state index contributed by atoms with van der Waals surface area (Å²) in [6.45, 7) is 10.1. The smallest absolute Gasteiger partial charge is 0.227 e. The summed E-state index contributed by atoms with van der Waals surface area (Å²) in [5.74, 6) is 0.226. The molecule has 4 heteroatoms. The fourth-order valence-corrected chi connectivity index (χ4v) is 2.60. The van der Waals surface area contributed by atoms with Gasteiger partial charge in [-0.05, 0) is 40.0 Å². The zero-order valence-corrected chi connectivity index (χ0v) is 13.6. The van der Waals surface area contributed by atoms with E-state index in [9.17, 15) is 4.79 Å². The summed E-state index contributed by atoms with van der Waals surface area (Å²) >= 11 is 0. The van der Waals surface area contributed by atoms with Crippen LogP contribution in [0.25, 0.3) is 0 Å². The Hall–Kier alpha value is -0.610. The highest BCUT2D eigenvalue weighted by Crippen LogP contribution is 2.17. The highest BCUT2D eigenvalue weighted by atomic mass is 16.2. The minimum Gasteiger partial charge on any atom is -0.344 e. The molecule has 19 heavy (non-hydrogen) atoms. The molecule has 0 aromatic rings. The van der Waals surface area contributed by atoms with E-state index in [-0.39, 0.29) is 11.3 Å². The third-order valence-electron chi connectivity index (χ3n) is 4.09. The molecule has 0 radical (unpaired) electrons. The van der Waals surface area contributed by atoms with Gasteiger partial charge in [0.05, 0.1) is 0 Å². The summed E-state index contributed by atoms with van der Waals surface area (Å²) in [5.41, 5.74) is -0.277. The number of likely N-dealkylation sites (tertiary alicyclic amines) is 1. The molecule has 0 saturated carbocycles. The van der Waals surface area contributed by atoms with Gasteiger partial charge in [0.25, 0.3) is 0 Å². The summed E-state index contributed by atoms with van der Waals surface area (Å²) in [6, 6.07) is 0.675. The Morgan fingerprint density at radius 3 is 2.16 bits per heavy atom. The van der Waals surface area contributed by atoms with E-state index in [0.29, 0.717) is 6.04 Å². The Morgan fingerprint density at radius 2 is 1.68 bits per heavy atom. The highest BCUT2D eigenvalue weighted by molar-refractivity contribution is 5.81. The van der Waals surface area contributed by atoms with E-state index in [0.717, 1.165) is 13.1 Å². The van der Waals surface area contributed by atoms with Gasteiger partial charge in [-0.15, -0.1) is 0 Å². The van der Waals surface area contributed by atoms with Crippen molar-refractivity contribution in [3.8, 4) is 0 Å². The van der Waals surface area contributed by atoms with Gasteiger partial charge in [-0.2, -0.15) is 0 Å². The zero-order chi connectivity index (χ0) is 14.6. The maximum atomic E-state index is 12.1. The molecule has 0 aromatic heterocycles. The fourth-order valence-electron chi connectivity index (χ4n) is 2.60. The van der Waals surface area contributed by atoms with Crippen molar-refractivity contribution in [1.29, 1.82) is 0 Å². The fraction of sp³-hybridized carbons (Fsp3) is 0.933. The topological polar surface area (TPSA) is 26.8 Å². The van der Waals surface area contributed by atoms with Crippen molar-refractivity contribution in [3.63, 3.8) is 0 Å². The Balaban J connectivity index is 2.34. The molecule has 1 rings (SSSR count). The van der Waals surface area contributed by atoms with Crippen LogP contribution < -0.4 is 0 Å². The molecule has 0 atom stereocenters. The van der Waals surface area contributed by atoms with Gasteiger partial charge in [0.1, 0.15) is 0 Å². The molecule has 0 aromatic carbocycles. The van der Waals surface area contributed by atoms with Crippen molar-refractivity contribution < 1.29 is 4.79 Å². The summed E-state index contributed by atoms with van der Waals surface area (Å²) in [6.07, 6.45) is 2.48. The van der Waals surface area contributed by atoms with Crippen LogP contribution in [0, 0.1) is 5.41 Å². The van der Waals surface area contributed by atoms with Crippen LogP contribution in [0.5, 0.6) is 0 Å². The minimum absolute atomic E-state index is 0.226. The molecular weight excluding hydrogens is 238 g/mol. The monoisotopic (exact) mass is 269 g/mol. The first-order valence-electron chi connectivity index (χ1n) is 7.36. The molecule has 1 aliphatic heterocycles. The van der Waals surface area contributed by atoms with Gasteiger partial charge in [0, 0.05) is 31.6 Å². The van der Waals surface area contributed by atoms with Crippen LogP contribution in [0.1, 0.15) is 33.6 Å². The van der Waals surface area contributed by atoms with E-state index in [1.165, 1.54) is 25.9 Å². The molecule has 4 nitrogen and oxygen atoms in total. The lowest BCUT2D eigenvalue weighted by Crippen LogP contribution is -2.46. The number of rotatable bonds is 4. The second kappa shape index (κ2) is 6.71. The first-order chi connectivity index (χ1) is 8.71. The molecule has 0 aliphatic carbocycles. The van der Waals surface area contributed by atoms with Gasteiger partial charge < -0.3 is 14.7 Å². The van der Waals surface area contributed by atoms with Gasteiger partial charge in [0.2, 0.25) is 5.91 Å². The Bertz CT molecular complexity index is 290. The lowest BCUT2D eigenvalue weighted by atomic mass is 9.95. The highest BCUT2D eigenvalue weighted by Gasteiger charge is 2.26. The Kier molecular flexibility index (Phi) is 5.81. The van der Waals surface area contributed by atoms with E-state index in [1.807, 2.05) is 32.7 Å². The summed E-state index contributed by atoms with van der Waals surface area (Å²) in [4.78, 5) is 18.8. The van der Waals surface area contributed by atoms with Crippen LogP contribution in [-0.2, 0) is 4.79 Å². The normalized spacial score (nSPS) is 18.9. The van der Waals surface area contributed by atoms with Gasteiger partial charge in [-0.1, -0.05) is 20.8 Å². The van der Waals surface area contributed by atoms with E-state index in [2.05, 4.69) is 23.9 Å². The first kappa shape index (κ1) is 16.4. The molecular formula is C15H31N3O. The summed E-state index contributed by atoms with van der Waals surface area (Å²) in [7, 11) is 6.29. The molecule has 0 bridgehead atoms. The summed E-state index contributed by atoms with van der Waals surface area (Å²) < 4.78 is 0. The van der Waals surface area contributed by atoms with Crippen LogP contribution in [0.2, 0.25) is 0 Å². The Labute approximate surface area is 118 Å². The van der Waals surface area contributed by atoms with Crippen molar-refractivity contribution in [2.75, 3.05) is 47.3 Å². The molecule has 1 amide bonds. The van der Waals surface area contributed by atoms with Crippen LogP contribution in [0.3, 0.4) is 0 Å². The van der Waals surface area contributed by atoms with Crippen LogP contribution in [0.4, 0.5) is 0 Å². The average Bonchev–Trinajstić information content (AvgIpc) is 2.34. The van der Waals surface area contributed by atoms with Gasteiger partial charge in [-0.3, -0.25) is 4.79 Å². The second-order valence-electron chi connectivity index (χ2n) is 6.99. The van der Waals surface area contributed by atoms with Gasteiger partial charge in [0.15, 0.2) is 0 Å². The van der Waals surface area contributed by atoms with E-state index >= 15 is 0 Å². The van der Waals surface area contributed by atoms with Crippen molar-refractivity contribution in [3.05, 3.63) is 0 Å². The van der Waals surface area contributed by atoms with E-state index in [1.54, 1.807) is 0 Å². The molecule has 1 fully saturated rings. The SMILES string of the molecule is CN1CCC(N(C)CCN(C)C(=O)C(C)(C)C)CC1. The van der Waals surface area contributed by atoms with E-state index < -0.39 is 0 Å². The number of carbonyl (C=O) groups is 1. The number of likely N-dealkylation sites (N-methyl/N-ethyl adjacent to an activating group) is 2. The van der Waals surface area contributed by atoms with Crippen molar-refractivity contribution in [1.82, 2.24) is 14.7 Å². The molecule has 1 heterocycles. The Morgan fingerprint density at radius 1 is 1.16 bits per heavy atom. The number of hydrogen-bond acceptors (Lipinski definition) is 3. The van der Waals surface area contributed by atoms with Crippen LogP contribution in [0.15, 0.2) is 0 Å². The largest absolute Gasteiger partial charge is 0.344 e. The molecule has 112 valence electrons. The lowest BCUT2D eigenvalue weighted by molar-refractivity contribution is -0.138. The summed E-state index contributed by atoms with van der Waals surface area (Å²) in [5, 5.41) is 0. The minimum atomic E-state index is -0.277. The average molecular weight is 269 g/mol. The lowest BCUT2D eigenvalue weighted by Gasteiger charge is -2.36. The maximum Gasteiger partial charge on any atom is 0.227 e. The predicted octanol–water partition coefficient (Wildman–Crippen LogP) is 1.52. The third-order valence-corrected chi connectivity index (χ3v) is 4.09.